The quantitative estimate of drug-likeness (QED) is 0.403. The Labute approximate surface area is 207 Å². The summed E-state index contributed by atoms with van der Waals surface area (Å²) in [7, 11) is -3.16. The maximum Gasteiger partial charge on any atom is 0.320 e. The molecule has 0 N–H and O–H groups in total. The fraction of sp³-hybridized carbons (Fsp3) is 0.889. The highest BCUT2D eigenvalue weighted by Crippen LogP contribution is 2.63. The molecule has 0 radical (unpaired) electrons. The summed E-state index contributed by atoms with van der Waals surface area (Å²) in [6.07, 6.45) is 13.7. The SMILES string of the molecule is CC[C@@]1(C)CC=C2C(CCC3[C@](C)(COC(=O)CN4CCN(S(C)(=O)=O)CC4)CCC[C@@]23C)C1. The maximum absolute atomic E-state index is 12.7. The highest BCUT2D eigenvalue weighted by atomic mass is 32.2. The van der Waals surface area contributed by atoms with E-state index in [-0.39, 0.29) is 23.3 Å². The number of carbonyl (C=O) groups is 1. The smallest absolute Gasteiger partial charge is 0.320 e. The molecule has 1 aliphatic heterocycles. The van der Waals surface area contributed by atoms with Crippen molar-refractivity contribution in [2.24, 2.45) is 28.1 Å². The summed E-state index contributed by atoms with van der Waals surface area (Å²) in [5.74, 6) is 1.12. The summed E-state index contributed by atoms with van der Waals surface area (Å²) in [5, 5.41) is 0. The van der Waals surface area contributed by atoms with Crippen molar-refractivity contribution in [2.45, 2.75) is 79.1 Å². The minimum Gasteiger partial charge on any atom is -0.464 e. The van der Waals surface area contributed by atoms with Crippen molar-refractivity contribution < 1.29 is 17.9 Å². The first-order chi connectivity index (χ1) is 15.9. The van der Waals surface area contributed by atoms with Gasteiger partial charge in [0.2, 0.25) is 10.0 Å². The van der Waals surface area contributed by atoms with E-state index in [1.165, 1.54) is 55.5 Å². The molecular formula is C27H46N2O4S. The second-order valence-corrected chi connectivity index (χ2v) is 14.6. The summed E-state index contributed by atoms with van der Waals surface area (Å²) in [6.45, 7) is 12.4. The van der Waals surface area contributed by atoms with Crippen LogP contribution in [0.3, 0.4) is 0 Å². The molecule has 194 valence electrons. The average molecular weight is 495 g/mol. The third-order valence-corrected chi connectivity index (χ3v) is 11.4. The van der Waals surface area contributed by atoms with Crippen LogP contribution in [0.5, 0.6) is 0 Å². The van der Waals surface area contributed by atoms with E-state index < -0.39 is 10.0 Å². The molecule has 0 aromatic carbocycles. The molecule has 6 nitrogen and oxygen atoms in total. The van der Waals surface area contributed by atoms with Gasteiger partial charge in [0, 0.05) is 31.6 Å². The van der Waals surface area contributed by atoms with Gasteiger partial charge in [-0.25, -0.2) is 8.42 Å². The number of allylic oxidation sites excluding steroid dienone is 2. The van der Waals surface area contributed by atoms with Crippen LogP contribution in [0.2, 0.25) is 0 Å². The van der Waals surface area contributed by atoms with E-state index in [4.69, 9.17) is 4.74 Å². The summed E-state index contributed by atoms with van der Waals surface area (Å²) in [6, 6.07) is 0. The Morgan fingerprint density at radius 3 is 2.47 bits per heavy atom. The zero-order valence-electron chi connectivity index (χ0n) is 22.1. The molecule has 0 bridgehead atoms. The van der Waals surface area contributed by atoms with Crippen molar-refractivity contribution in [3.63, 3.8) is 0 Å². The summed E-state index contributed by atoms with van der Waals surface area (Å²) in [4.78, 5) is 14.8. The van der Waals surface area contributed by atoms with Gasteiger partial charge in [-0.2, -0.15) is 4.31 Å². The minimum atomic E-state index is -3.16. The molecule has 0 amide bonds. The molecule has 4 aliphatic rings. The van der Waals surface area contributed by atoms with Gasteiger partial charge >= 0.3 is 5.97 Å². The molecule has 5 atom stereocenters. The van der Waals surface area contributed by atoms with Gasteiger partial charge in [-0.05, 0) is 61.2 Å². The number of hydrogen-bond donors (Lipinski definition) is 0. The Hall–Kier alpha value is -0.920. The predicted octanol–water partition coefficient (Wildman–Crippen LogP) is 4.47. The van der Waals surface area contributed by atoms with Gasteiger partial charge in [-0.1, -0.05) is 52.2 Å². The summed E-state index contributed by atoms with van der Waals surface area (Å²) < 4.78 is 30.8. The molecule has 0 spiro atoms. The van der Waals surface area contributed by atoms with Gasteiger partial charge in [0.15, 0.2) is 0 Å². The van der Waals surface area contributed by atoms with Crippen LogP contribution in [-0.2, 0) is 19.6 Å². The number of sulfonamides is 1. The monoisotopic (exact) mass is 494 g/mol. The van der Waals surface area contributed by atoms with Gasteiger partial charge < -0.3 is 4.74 Å². The second-order valence-electron chi connectivity index (χ2n) is 12.6. The number of fused-ring (bicyclic) bond motifs is 3. The highest BCUT2D eigenvalue weighted by molar-refractivity contribution is 7.88. The standard InChI is InChI=1S/C27H46N2O4S/c1-6-25(2)13-10-22-21(18-25)8-9-23-26(3,11-7-12-27(22,23)4)20-33-24(30)19-28-14-16-29(17-15-28)34(5,31)32/h10,21,23H,6-9,11-20H2,1-5H3/t21?,23?,25-,26-,27-/m0/s1. The lowest BCUT2D eigenvalue weighted by molar-refractivity contribution is -0.154. The molecule has 1 heterocycles. The number of nitrogens with zero attached hydrogens (tertiary/aromatic N) is 2. The fourth-order valence-corrected chi connectivity index (χ4v) is 8.61. The van der Waals surface area contributed by atoms with Crippen LogP contribution in [0.1, 0.15) is 79.1 Å². The molecule has 3 fully saturated rings. The Kier molecular flexibility index (Phi) is 7.32. The van der Waals surface area contributed by atoms with Crippen molar-refractivity contribution in [1.82, 2.24) is 9.21 Å². The third-order valence-electron chi connectivity index (χ3n) is 10.1. The van der Waals surface area contributed by atoms with Crippen molar-refractivity contribution in [3.05, 3.63) is 11.6 Å². The first-order valence-electron chi connectivity index (χ1n) is 13.4. The molecule has 0 aromatic heterocycles. The highest BCUT2D eigenvalue weighted by Gasteiger charge is 2.55. The van der Waals surface area contributed by atoms with E-state index in [0.29, 0.717) is 44.1 Å². The molecule has 0 aromatic rings. The Morgan fingerprint density at radius 1 is 1.12 bits per heavy atom. The minimum absolute atomic E-state index is 0.0228. The fourth-order valence-electron chi connectivity index (χ4n) is 7.78. The van der Waals surface area contributed by atoms with E-state index in [0.717, 1.165) is 12.3 Å². The third kappa shape index (κ3) is 5.12. The molecule has 3 aliphatic carbocycles. The number of esters is 1. The molecule has 4 rings (SSSR count). The van der Waals surface area contributed by atoms with Crippen LogP contribution >= 0.6 is 0 Å². The van der Waals surface area contributed by atoms with Crippen LogP contribution in [0.15, 0.2) is 11.6 Å². The van der Waals surface area contributed by atoms with E-state index in [1.54, 1.807) is 5.57 Å². The van der Waals surface area contributed by atoms with Gasteiger partial charge in [-0.15, -0.1) is 0 Å². The van der Waals surface area contributed by atoms with Crippen LogP contribution in [0.25, 0.3) is 0 Å². The van der Waals surface area contributed by atoms with Crippen LogP contribution < -0.4 is 0 Å². The number of carbonyl (C=O) groups excluding carboxylic acids is 1. The second kappa shape index (κ2) is 9.51. The van der Waals surface area contributed by atoms with E-state index >= 15 is 0 Å². The van der Waals surface area contributed by atoms with Gasteiger partial charge in [0.25, 0.3) is 0 Å². The summed E-state index contributed by atoms with van der Waals surface area (Å²) >= 11 is 0. The van der Waals surface area contributed by atoms with Crippen LogP contribution in [0.4, 0.5) is 0 Å². The molecular weight excluding hydrogens is 448 g/mol. The normalized spacial score (nSPS) is 39.6. The van der Waals surface area contributed by atoms with Crippen molar-refractivity contribution in [3.8, 4) is 0 Å². The summed E-state index contributed by atoms with van der Waals surface area (Å²) in [5.41, 5.74) is 2.43. The zero-order chi connectivity index (χ0) is 24.8. The van der Waals surface area contributed by atoms with Crippen molar-refractivity contribution in [2.75, 3.05) is 45.6 Å². The Morgan fingerprint density at radius 2 is 1.82 bits per heavy atom. The average Bonchev–Trinajstić information content (AvgIpc) is 2.77. The number of rotatable bonds is 6. The van der Waals surface area contributed by atoms with Gasteiger partial charge in [0.05, 0.1) is 19.4 Å². The van der Waals surface area contributed by atoms with E-state index in [9.17, 15) is 13.2 Å². The molecule has 34 heavy (non-hydrogen) atoms. The Balaban J connectivity index is 1.36. The van der Waals surface area contributed by atoms with E-state index in [2.05, 4.69) is 33.8 Å². The first-order valence-corrected chi connectivity index (χ1v) is 15.3. The number of hydrogen-bond acceptors (Lipinski definition) is 5. The molecule has 7 heteroatoms. The lowest BCUT2D eigenvalue weighted by Gasteiger charge is -2.59. The number of ether oxygens (including phenoxy) is 1. The van der Waals surface area contributed by atoms with Crippen LogP contribution in [0, 0.1) is 28.1 Å². The lowest BCUT2D eigenvalue weighted by Crippen LogP contribution is -2.52. The van der Waals surface area contributed by atoms with Gasteiger partial charge in [-0.3, -0.25) is 9.69 Å². The van der Waals surface area contributed by atoms with Crippen LogP contribution in [-0.4, -0.2) is 69.2 Å². The first kappa shape index (κ1) is 26.2. The topological polar surface area (TPSA) is 66.9 Å². The predicted molar refractivity (Wildman–Crippen MR) is 136 cm³/mol. The van der Waals surface area contributed by atoms with Crippen molar-refractivity contribution in [1.29, 1.82) is 0 Å². The Bertz CT molecular complexity index is 910. The largest absolute Gasteiger partial charge is 0.464 e. The maximum atomic E-state index is 12.7. The number of piperazine rings is 1. The lowest BCUT2D eigenvalue weighted by atomic mass is 9.46. The van der Waals surface area contributed by atoms with Gasteiger partial charge in [0.1, 0.15) is 0 Å². The molecule has 2 unspecified atom stereocenters. The molecule has 1 saturated heterocycles. The van der Waals surface area contributed by atoms with E-state index in [1.807, 2.05) is 4.90 Å². The zero-order valence-corrected chi connectivity index (χ0v) is 22.9. The molecule has 2 saturated carbocycles. The van der Waals surface area contributed by atoms with Crippen molar-refractivity contribution >= 4 is 16.0 Å².